The number of carbonyl (C=O) groups excluding carboxylic acids is 2. The summed E-state index contributed by atoms with van der Waals surface area (Å²) < 4.78 is 5.66. The van der Waals surface area contributed by atoms with Crippen LogP contribution in [-0.2, 0) is 20.9 Å². The highest BCUT2D eigenvalue weighted by atomic mass is 16.5. The van der Waals surface area contributed by atoms with Gasteiger partial charge in [-0.05, 0) is 25.7 Å². The van der Waals surface area contributed by atoms with E-state index in [9.17, 15) is 9.59 Å². The number of aromatic nitrogens is 2. The number of hydrogen-bond acceptors (Lipinski definition) is 5. The Morgan fingerprint density at radius 1 is 1.29 bits per heavy atom. The van der Waals surface area contributed by atoms with E-state index in [4.69, 9.17) is 4.74 Å². The summed E-state index contributed by atoms with van der Waals surface area (Å²) >= 11 is 0. The molecule has 0 saturated carbocycles. The zero-order valence-corrected chi connectivity index (χ0v) is 13.9. The highest BCUT2D eigenvalue weighted by Crippen LogP contribution is 2.24. The van der Waals surface area contributed by atoms with Gasteiger partial charge in [-0.25, -0.2) is 9.97 Å². The van der Waals surface area contributed by atoms with Crippen molar-refractivity contribution in [1.29, 1.82) is 0 Å². The Morgan fingerprint density at radius 2 is 2.12 bits per heavy atom. The maximum Gasteiger partial charge on any atom is 0.222 e. The average molecular weight is 332 g/mol. The monoisotopic (exact) mass is 332 g/mol. The number of carbonyl (C=O) groups is 2. The van der Waals surface area contributed by atoms with Crippen LogP contribution in [0.3, 0.4) is 0 Å². The molecule has 1 atom stereocenters. The van der Waals surface area contributed by atoms with Gasteiger partial charge in [0.25, 0.3) is 0 Å². The van der Waals surface area contributed by atoms with Gasteiger partial charge >= 0.3 is 0 Å². The lowest BCUT2D eigenvalue weighted by molar-refractivity contribution is -0.128. The van der Waals surface area contributed by atoms with Gasteiger partial charge in [0.1, 0.15) is 6.10 Å². The molecule has 2 amide bonds. The molecule has 7 heteroatoms. The van der Waals surface area contributed by atoms with Gasteiger partial charge < -0.3 is 15.0 Å². The number of hydrogen-bond donors (Lipinski definition) is 1. The fourth-order valence-electron chi connectivity index (χ4n) is 3.03. The van der Waals surface area contributed by atoms with Gasteiger partial charge in [0.05, 0.1) is 0 Å². The van der Waals surface area contributed by atoms with Gasteiger partial charge in [0, 0.05) is 57.0 Å². The Kier molecular flexibility index (Phi) is 5.74. The molecule has 1 unspecified atom stereocenters. The van der Waals surface area contributed by atoms with Crippen LogP contribution in [0.15, 0.2) is 12.4 Å². The van der Waals surface area contributed by atoms with E-state index in [1.807, 2.05) is 0 Å². The summed E-state index contributed by atoms with van der Waals surface area (Å²) in [6.07, 6.45) is 8.53. The quantitative estimate of drug-likeness (QED) is 0.850. The van der Waals surface area contributed by atoms with E-state index in [2.05, 4.69) is 15.3 Å². The molecule has 2 aliphatic heterocycles. The second-order valence-corrected chi connectivity index (χ2v) is 6.32. The zero-order valence-electron chi connectivity index (χ0n) is 13.9. The predicted molar refractivity (Wildman–Crippen MR) is 86.9 cm³/mol. The molecule has 130 valence electrons. The minimum Gasteiger partial charge on any atom is -0.370 e. The third-order valence-electron chi connectivity index (χ3n) is 4.46. The summed E-state index contributed by atoms with van der Waals surface area (Å²) in [5.74, 6) is 0.809. The van der Waals surface area contributed by atoms with Crippen LogP contribution >= 0.6 is 0 Å². The lowest BCUT2D eigenvalue weighted by Crippen LogP contribution is -2.31. The molecule has 1 aromatic rings. The molecule has 3 rings (SSSR count). The van der Waals surface area contributed by atoms with E-state index < -0.39 is 0 Å². The van der Waals surface area contributed by atoms with Crippen molar-refractivity contribution in [3.05, 3.63) is 23.8 Å². The van der Waals surface area contributed by atoms with Crippen molar-refractivity contribution in [2.24, 2.45) is 0 Å². The Balaban J connectivity index is 1.41. The summed E-state index contributed by atoms with van der Waals surface area (Å²) in [5.41, 5.74) is 0.861. The van der Waals surface area contributed by atoms with Gasteiger partial charge in [-0.15, -0.1) is 0 Å². The highest BCUT2D eigenvalue weighted by molar-refractivity contribution is 5.80. The highest BCUT2D eigenvalue weighted by Gasteiger charge is 2.20. The van der Waals surface area contributed by atoms with Crippen molar-refractivity contribution in [2.45, 2.75) is 51.2 Å². The van der Waals surface area contributed by atoms with Crippen LogP contribution in [0.5, 0.6) is 0 Å². The number of amides is 2. The lowest BCUT2D eigenvalue weighted by Gasteiger charge is -2.21. The third kappa shape index (κ3) is 4.50. The molecule has 0 radical (unpaired) electrons. The molecule has 2 fully saturated rings. The molecule has 24 heavy (non-hydrogen) atoms. The third-order valence-corrected chi connectivity index (χ3v) is 4.46. The number of likely N-dealkylation sites (tertiary alicyclic amines) is 1. The smallest absolute Gasteiger partial charge is 0.222 e. The fraction of sp³-hybridized carbons (Fsp3) is 0.647. The first-order chi connectivity index (χ1) is 11.7. The first-order valence-electron chi connectivity index (χ1n) is 8.69. The number of rotatable bonds is 6. The van der Waals surface area contributed by atoms with Gasteiger partial charge in [-0.3, -0.25) is 9.59 Å². The van der Waals surface area contributed by atoms with Crippen LogP contribution in [0.1, 0.15) is 56.0 Å². The Morgan fingerprint density at radius 3 is 2.79 bits per heavy atom. The summed E-state index contributed by atoms with van der Waals surface area (Å²) in [4.78, 5) is 33.8. The maximum atomic E-state index is 11.9. The SMILES string of the molecule is O=C(CCN1CCCC1=O)NCc1cnc(C2CCCCO2)nc1. The molecular formula is C17H24N4O3. The molecule has 2 saturated heterocycles. The summed E-state index contributed by atoms with van der Waals surface area (Å²) in [6, 6.07) is 0. The normalized spacial score (nSPS) is 21.1. The minimum atomic E-state index is -0.0607. The van der Waals surface area contributed by atoms with Crippen LogP contribution in [0.25, 0.3) is 0 Å². The van der Waals surface area contributed by atoms with Crippen molar-refractivity contribution in [3.63, 3.8) is 0 Å². The van der Waals surface area contributed by atoms with Crippen LogP contribution in [0.4, 0.5) is 0 Å². The van der Waals surface area contributed by atoms with Gasteiger partial charge in [0.2, 0.25) is 11.8 Å². The van der Waals surface area contributed by atoms with Crippen molar-refractivity contribution >= 4 is 11.8 Å². The van der Waals surface area contributed by atoms with Crippen molar-refractivity contribution in [2.75, 3.05) is 19.7 Å². The summed E-state index contributed by atoms with van der Waals surface area (Å²) in [7, 11) is 0. The maximum absolute atomic E-state index is 11.9. The molecule has 3 heterocycles. The largest absolute Gasteiger partial charge is 0.370 e. The minimum absolute atomic E-state index is 0.000360. The van der Waals surface area contributed by atoms with E-state index >= 15 is 0 Å². The van der Waals surface area contributed by atoms with Gasteiger partial charge in [0.15, 0.2) is 5.82 Å². The van der Waals surface area contributed by atoms with Gasteiger partial charge in [-0.1, -0.05) is 0 Å². The molecule has 0 spiro atoms. The zero-order chi connectivity index (χ0) is 16.8. The molecule has 1 aromatic heterocycles. The van der Waals surface area contributed by atoms with Crippen LogP contribution in [-0.4, -0.2) is 46.4 Å². The number of ether oxygens (including phenoxy) is 1. The average Bonchev–Trinajstić information content (AvgIpc) is 3.04. The second kappa shape index (κ2) is 8.19. The Labute approximate surface area is 141 Å². The summed E-state index contributed by atoms with van der Waals surface area (Å²) in [5, 5.41) is 2.85. The van der Waals surface area contributed by atoms with E-state index in [1.54, 1.807) is 17.3 Å². The van der Waals surface area contributed by atoms with Crippen molar-refractivity contribution in [1.82, 2.24) is 20.2 Å². The van der Waals surface area contributed by atoms with E-state index in [-0.39, 0.29) is 17.9 Å². The Bertz CT molecular complexity index is 570. The fourth-order valence-corrected chi connectivity index (χ4v) is 3.03. The first-order valence-corrected chi connectivity index (χ1v) is 8.69. The molecule has 7 nitrogen and oxygen atoms in total. The van der Waals surface area contributed by atoms with Crippen LogP contribution in [0, 0.1) is 0 Å². The van der Waals surface area contributed by atoms with Crippen molar-refractivity contribution < 1.29 is 14.3 Å². The van der Waals surface area contributed by atoms with E-state index in [1.165, 1.54) is 0 Å². The Hall–Kier alpha value is -2.02. The van der Waals surface area contributed by atoms with E-state index in [0.717, 1.165) is 50.2 Å². The molecule has 0 aromatic carbocycles. The summed E-state index contributed by atoms with van der Waals surface area (Å²) in [6.45, 7) is 2.44. The topological polar surface area (TPSA) is 84.4 Å². The lowest BCUT2D eigenvalue weighted by atomic mass is 10.1. The molecular weight excluding hydrogens is 308 g/mol. The predicted octanol–water partition coefficient (Wildman–Crippen LogP) is 1.35. The molecule has 2 aliphatic rings. The molecule has 1 N–H and O–H groups in total. The first kappa shape index (κ1) is 16.8. The van der Waals surface area contributed by atoms with Crippen LogP contribution < -0.4 is 5.32 Å². The van der Waals surface area contributed by atoms with E-state index in [0.29, 0.717) is 25.9 Å². The second-order valence-electron chi connectivity index (χ2n) is 6.32. The van der Waals surface area contributed by atoms with Crippen molar-refractivity contribution in [3.8, 4) is 0 Å². The standard InChI is InChI=1S/C17H24N4O3/c22-15(6-8-21-7-3-5-16(21)23)18-10-13-11-19-17(20-12-13)14-4-1-2-9-24-14/h11-12,14H,1-10H2,(H,18,22). The molecule has 0 bridgehead atoms. The number of nitrogens with one attached hydrogen (secondary N) is 1. The van der Waals surface area contributed by atoms with Crippen LogP contribution in [0.2, 0.25) is 0 Å². The molecule has 0 aliphatic carbocycles. The van der Waals surface area contributed by atoms with Gasteiger partial charge in [-0.2, -0.15) is 0 Å². The number of nitrogens with zero attached hydrogens (tertiary/aromatic N) is 3.